The molecule has 0 saturated carbocycles. The minimum atomic E-state index is -2.33. The van der Waals surface area contributed by atoms with E-state index in [9.17, 15) is 8.78 Å². The number of fused-ring (bicyclic) bond motifs is 1. The second kappa shape index (κ2) is 6.12. The lowest BCUT2D eigenvalue weighted by atomic mass is 10.1. The Hall–Kier alpha value is -1.46. The van der Waals surface area contributed by atoms with Gasteiger partial charge in [0.2, 0.25) is 0 Å². The SMILES string of the molecule is CNCc1c(CN(C)CC(F)F)oc2ccccc12. The van der Waals surface area contributed by atoms with Gasteiger partial charge >= 0.3 is 0 Å². The molecule has 1 aromatic carbocycles. The van der Waals surface area contributed by atoms with Gasteiger partial charge in [-0.1, -0.05) is 18.2 Å². The summed E-state index contributed by atoms with van der Waals surface area (Å²) in [5.41, 5.74) is 1.84. The van der Waals surface area contributed by atoms with Crippen LogP contribution in [-0.4, -0.2) is 32.0 Å². The lowest BCUT2D eigenvalue weighted by Gasteiger charge is -2.15. The maximum absolute atomic E-state index is 12.4. The summed E-state index contributed by atoms with van der Waals surface area (Å²) in [6.07, 6.45) is -2.33. The van der Waals surface area contributed by atoms with E-state index in [0.717, 1.165) is 22.3 Å². The molecule has 1 N–H and O–H groups in total. The van der Waals surface area contributed by atoms with E-state index in [2.05, 4.69) is 5.32 Å². The summed E-state index contributed by atoms with van der Waals surface area (Å²) in [4.78, 5) is 1.57. The van der Waals surface area contributed by atoms with Crippen molar-refractivity contribution in [2.75, 3.05) is 20.6 Å². The molecule has 3 nitrogen and oxygen atoms in total. The third-order valence-corrected chi connectivity index (χ3v) is 3.00. The first-order valence-corrected chi connectivity index (χ1v) is 6.22. The van der Waals surface area contributed by atoms with Crippen LogP contribution in [0.4, 0.5) is 8.78 Å². The molecule has 0 spiro atoms. The predicted molar refractivity (Wildman–Crippen MR) is 71.3 cm³/mol. The average Bonchev–Trinajstić information content (AvgIpc) is 2.67. The minimum Gasteiger partial charge on any atom is -0.459 e. The lowest BCUT2D eigenvalue weighted by Crippen LogP contribution is -2.24. The van der Waals surface area contributed by atoms with E-state index < -0.39 is 6.43 Å². The van der Waals surface area contributed by atoms with Gasteiger partial charge in [0.05, 0.1) is 13.1 Å². The zero-order valence-corrected chi connectivity index (χ0v) is 11.1. The highest BCUT2D eigenvalue weighted by atomic mass is 19.3. The number of hydrogen-bond donors (Lipinski definition) is 1. The maximum Gasteiger partial charge on any atom is 0.251 e. The average molecular weight is 268 g/mol. The predicted octanol–water partition coefficient (Wildman–Crippen LogP) is 2.85. The van der Waals surface area contributed by atoms with Crippen LogP contribution in [0.2, 0.25) is 0 Å². The standard InChI is InChI=1S/C14H18F2N2O/c1-17-7-11-10-5-3-4-6-12(10)19-13(11)8-18(2)9-14(15)16/h3-6,14,17H,7-9H2,1-2H3. The molecule has 19 heavy (non-hydrogen) atoms. The van der Waals surface area contributed by atoms with Crippen molar-refractivity contribution < 1.29 is 13.2 Å². The molecule has 104 valence electrons. The molecule has 0 unspecified atom stereocenters. The fraction of sp³-hybridized carbons (Fsp3) is 0.429. The summed E-state index contributed by atoms with van der Waals surface area (Å²) < 4.78 is 30.5. The number of nitrogens with one attached hydrogen (secondary N) is 1. The van der Waals surface area contributed by atoms with Crippen molar-refractivity contribution >= 4 is 11.0 Å². The largest absolute Gasteiger partial charge is 0.459 e. The Morgan fingerprint density at radius 2 is 2.05 bits per heavy atom. The van der Waals surface area contributed by atoms with E-state index >= 15 is 0 Å². The summed E-state index contributed by atoms with van der Waals surface area (Å²) in [6.45, 7) is 0.793. The molecule has 0 aliphatic carbocycles. The molecular formula is C14H18F2N2O. The molecule has 0 saturated heterocycles. The molecule has 0 radical (unpaired) electrons. The highest BCUT2D eigenvalue weighted by molar-refractivity contribution is 5.82. The molecular weight excluding hydrogens is 250 g/mol. The quantitative estimate of drug-likeness (QED) is 0.873. The van der Waals surface area contributed by atoms with Gasteiger partial charge in [-0.05, 0) is 20.2 Å². The summed E-state index contributed by atoms with van der Waals surface area (Å²) >= 11 is 0. The maximum atomic E-state index is 12.4. The van der Waals surface area contributed by atoms with Gasteiger partial charge in [-0.25, -0.2) is 8.78 Å². The molecule has 2 aromatic rings. The van der Waals surface area contributed by atoms with Crippen LogP contribution in [0.15, 0.2) is 28.7 Å². The van der Waals surface area contributed by atoms with Crippen LogP contribution < -0.4 is 5.32 Å². The lowest BCUT2D eigenvalue weighted by molar-refractivity contribution is 0.0947. The molecule has 0 aliphatic heterocycles. The molecule has 5 heteroatoms. The van der Waals surface area contributed by atoms with E-state index in [0.29, 0.717) is 13.1 Å². The summed E-state index contributed by atoms with van der Waals surface area (Å²) in [6, 6.07) is 7.73. The monoisotopic (exact) mass is 268 g/mol. The molecule has 0 fully saturated rings. The van der Waals surface area contributed by atoms with Crippen LogP contribution >= 0.6 is 0 Å². The van der Waals surface area contributed by atoms with Crippen LogP contribution in [0.25, 0.3) is 11.0 Å². The van der Waals surface area contributed by atoms with E-state index in [1.165, 1.54) is 0 Å². The number of halogens is 2. The Morgan fingerprint density at radius 3 is 2.74 bits per heavy atom. The zero-order valence-electron chi connectivity index (χ0n) is 11.1. The highest BCUT2D eigenvalue weighted by Crippen LogP contribution is 2.26. The number of alkyl halides is 2. The number of benzene rings is 1. The van der Waals surface area contributed by atoms with Crippen LogP contribution in [0.3, 0.4) is 0 Å². The smallest absolute Gasteiger partial charge is 0.251 e. The topological polar surface area (TPSA) is 28.4 Å². The number of para-hydroxylation sites is 1. The first kappa shape index (κ1) is 14.0. The molecule has 0 bridgehead atoms. The minimum absolute atomic E-state index is 0.254. The van der Waals surface area contributed by atoms with Crippen LogP contribution in [0, 0.1) is 0 Å². The normalized spacial score (nSPS) is 11.9. The van der Waals surface area contributed by atoms with Crippen LogP contribution in [-0.2, 0) is 13.1 Å². The van der Waals surface area contributed by atoms with Crippen molar-refractivity contribution in [3.8, 4) is 0 Å². The fourth-order valence-electron chi connectivity index (χ4n) is 2.19. The summed E-state index contributed by atoms with van der Waals surface area (Å²) in [5, 5.41) is 4.13. The Kier molecular flexibility index (Phi) is 4.50. The van der Waals surface area contributed by atoms with Crippen molar-refractivity contribution in [1.29, 1.82) is 0 Å². The third kappa shape index (κ3) is 3.30. The van der Waals surface area contributed by atoms with Gasteiger partial charge in [0.1, 0.15) is 11.3 Å². The van der Waals surface area contributed by atoms with Crippen molar-refractivity contribution in [3.63, 3.8) is 0 Å². The zero-order chi connectivity index (χ0) is 13.8. The second-order valence-corrected chi connectivity index (χ2v) is 4.62. The van der Waals surface area contributed by atoms with Gasteiger partial charge in [-0.2, -0.15) is 0 Å². The van der Waals surface area contributed by atoms with Gasteiger partial charge in [0.15, 0.2) is 0 Å². The van der Waals surface area contributed by atoms with Gasteiger partial charge in [-0.15, -0.1) is 0 Å². The fourth-order valence-corrected chi connectivity index (χ4v) is 2.19. The van der Waals surface area contributed by atoms with E-state index in [-0.39, 0.29) is 6.54 Å². The summed E-state index contributed by atoms with van der Waals surface area (Å²) in [5.74, 6) is 0.749. The van der Waals surface area contributed by atoms with Crippen LogP contribution in [0.5, 0.6) is 0 Å². The number of furan rings is 1. The molecule has 0 atom stereocenters. The first-order valence-electron chi connectivity index (χ1n) is 6.22. The van der Waals surface area contributed by atoms with Crippen molar-refractivity contribution in [2.45, 2.75) is 19.5 Å². The van der Waals surface area contributed by atoms with Gasteiger partial charge in [0.25, 0.3) is 6.43 Å². The Bertz CT molecular complexity index is 539. The van der Waals surface area contributed by atoms with Gasteiger partial charge in [-0.3, -0.25) is 4.90 Å². The third-order valence-electron chi connectivity index (χ3n) is 3.00. The Balaban J connectivity index is 2.28. The molecule has 0 amide bonds. The Labute approximate surface area is 111 Å². The molecule has 1 aromatic heterocycles. The number of nitrogens with zero attached hydrogens (tertiary/aromatic N) is 1. The number of rotatable bonds is 6. The highest BCUT2D eigenvalue weighted by Gasteiger charge is 2.16. The van der Waals surface area contributed by atoms with Crippen molar-refractivity contribution in [1.82, 2.24) is 10.2 Å². The second-order valence-electron chi connectivity index (χ2n) is 4.62. The van der Waals surface area contributed by atoms with Gasteiger partial charge < -0.3 is 9.73 Å². The van der Waals surface area contributed by atoms with Crippen molar-refractivity contribution in [3.05, 3.63) is 35.6 Å². The molecule has 1 heterocycles. The Morgan fingerprint density at radius 1 is 1.32 bits per heavy atom. The van der Waals surface area contributed by atoms with Crippen LogP contribution in [0.1, 0.15) is 11.3 Å². The molecule has 0 aliphatic rings. The summed E-state index contributed by atoms with van der Waals surface area (Å²) in [7, 11) is 3.52. The van der Waals surface area contributed by atoms with E-state index in [1.54, 1.807) is 11.9 Å². The van der Waals surface area contributed by atoms with E-state index in [1.807, 2.05) is 31.3 Å². The molecule has 2 rings (SSSR count). The van der Waals surface area contributed by atoms with Crippen molar-refractivity contribution in [2.24, 2.45) is 0 Å². The first-order chi connectivity index (χ1) is 9.11. The number of hydrogen-bond acceptors (Lipinski definition) is 3. The van der Waals surface area contributed by atoms with Gasteiger partial charge in [0, 0.05) is 17.5 Å². The van der Waals surface area contributed by atoms with E-state index in [4.69, 9.17) is 4.42 Å².